The molecule has 1 aromatic rings. The first-order valence-electron chi connectivity index (χ1n) is 9.00. The van der Waals surface area contributed by atoms with Crippen molar-refractivity contribution in [3.8, 4) is 0 Å². The van der Waals surface area contributed by atoms with E-state index < -0.39 is 0 Å². The Balaban J connectivity index is 1.39. The lowest BCUT2D eigenvalue weighted by atomic mass is 9.82. The van der Waals surface area contributed by atoms with E-state index in [1.165, 1.54) is 19.3 Å². The number of hydrogen-bond donors (Lipinski definition) is 1. The topological polar surface area (TPSA) is 67.5 Å². The molecule has 1 aromatic heterocycles. The Hall–Kier alpha value is -1.56. The fourth-order valence-electron chi connectivity index (χ4n) is 5.38. The van der Waals surface area contributed by atoms with Crippen LogP contribution in [0.3, 0.4) is 0 Å². The molecule has 4 fully saturated rings. The maximum Gasteiger partial charge on any atom is 0.229 e. The number of nitrogen functional groups attached to an aromatic ring is 1. The molecule has 0 spiro atoms. The molecule has 6 nitrogen and oxygen atoms in total. The maximum absolute atomic E-state index is 6.08. The fraction of sp³-hybridized carbons (Fsp3) is 0.765. The maximum atomic E-state index is 6.08. The van der Waals surface area contributed by atoms with Crippen LogP contribution < -0.4 is 15.5 Å². The molecule has 5 rings (SSSR count). The second-order valence-electron chi connectivity index (χ2n) is 7.62. The van der Waals surface area contributed by atoms with E-state index in [1.807, 2.05) is 6.07 Å². The zero-order valence-corrected chi connectivity index (χ0v) is 13.5. The van der Waals surface area contributed by atoms with Gasteiger partial charge in [0.25, 0.3) is 0 Å². The fourth-order valence-corrected chi connectivity index (χ4v) is 5.38. The second kappa shape index (κ2) is 5.23. The van der Waals surface area contributed by atoms with Crippen molar-refractivity contribution in [2.75, 3.05) is 54.9 Å². The van der Waals surface area contributed by atoms with Crippen molar-refractivity contribution in [3.05, 3.63) is 6.07 Å². The van der Waals surface area contributed by atoms with Crippen LogP contribution in [0.25, 0.3) is 0 Å². The number of aromatic nitrogens is 2. The zero-order valence-electron chi connectivity index (χ0n) is 13.5. The molecule has 2 saturated carbocycles. The summed E-state index contributed by atoms with van der Waals surface area (Å²) < 4.78 is 5.42. The summed E-state index contributed by atoms with van der Waals surface area (Å²) in [6.07, 6.45) is 4.38. The highest BCUT2D eigenvalue weighted by Crippen LogP contribution is 2.55. The van der Waals surface area contributed by atoms with Crippen LogP contribution >= 0.6 is 0 Å². The Bertz CT molecular complexity index is 585. The number of morpholine rings is 1. The number of rotatable bonds is 2. The third kappa shape index (κ3) is 2.26. The average Bonchev–Trinajstić information content (AvgIpc) is 3.28. The van der Waals surface area contributed by atoms with Gasteiger partial charge in [-0.15, -0.1) is 0 Å². The number of hydrogen-bond acceptors (Lipinski definition) is 6. The van der Waals surface area contributed by atoms with E-state index in [0.717, 1.165) is 74.8 Å². The molecule has 2 bridgehead atoms. The normalized spacial score (nSPS) is 35.8. The Kier molecular flexibility index (Phi) is 3.15. The van der Waals surface area contributed by atoms with E-state index in [-0.39, 0.29) is 0 Å². The largest absolute Gasteiger partial charge is 0.383 e. The van der Waals surface area contributed by atoms with Gasteiger partial charge in [0.15, 0.2) is 0 Å². The molecule has 3 heterocycles. The Morgan fingerprint density at radius 1 is 1.00 bits per heavy atom. The molecule has 0 unspecified atom stereocenters. The molecule has 23 heavy (non-hydrogen) atoms. The molecular formula is C17H25N5O. The van der Waals surface area contributed by atoms with E-state index >= 15 is 0 Å². The lowest BCUT2D eigenvalue weighted by molar-refractivity contribution is 0.122. The molecule has 6 heteroatoms. The Morgan fingerprint density at radius 3 is 2.39 bits per heavy atom. The van der Waals surface area contributed by atoms with Gasteiger partial charge in [0.2, 0.25) is 5.95 Å². The predicted molar refractivity (Wildman–Crippen MR) is 89.5 cm³/mol. The van der Waals surface area contributed by atoms with E-state index in [4.69, 9.17) is 15.5 Å². The zero-order chi connectivity index (χ0) is 15.4. The van der Waals surface area contributed by atoms with E-state index in [1.54, 1.807) is 0 Å². The van der Waals surface area contributed by atoms with E-state index in [9.17, 15) is 0 Å². The summed E-state index contributed by atoms with van der Waals surface area (Å²) in [5, 5.41) is 0. The summed E-state index contributed by atoms with van der Waals surface area (Å²) >= 11 is 0. The highest BCUT2D eigenvalue weighted by Gasteiger charge is 2.51. The molecule has 2 saturated heterocycles. The third-order valence-electron chi connectivity index (χ3n) is 6.48. The molecule has 124 valence electrons. The molecular weight excluding hydrogens is 290 g/mol. The van der Waals surface area contributed by atoms with Gasteiger partial charge >= 0.3 is 0 Å². The molecule has 2 aliphatic heterocycles. The highest BCUT2D eigenvalue weighted by atomic mass is 16.5. The lowest BCUT2D eigenvalue weighted by Crippen LogP contribution is -2.37. The molecule has 4 aliphatic rings. The number of nitrogens with two attached hydrogens (primary N) is 1. The first-order chi connectivity index (χ1) is 11.3. The Labute approximate surface area is 137 Å². The second-order valence-corrected chi connectivity index (χ2v) is 7.62. The summed E-state index contributed by atoms with van der Waals surface area (Å²) in [7, 11) is 0. The number of anilines is 3. The molecule has 4 atom stereocenters. The van der Waals surface area contributed by atoms with Crippen LogP contribution in [-0.2, 0) is 4.74 Å². The van der Waals surface area contributed by atoms with Crippen LogP contribution in [0, 0.1) is 23.7 Å². The highest BCUT2D eigenvalue weighted by molar-refractivity contribution is 5.53. The smallest absolute Gasteiger partial charge is 0.229 e. The van der Waals surface area contributed by atoms with Crippen molar-refractivity contribution in [1.82, 2.24) is 9.97 Å². The van der Waals surface area contributed by atoms with Crippen molar-refractivity contribution < 1.29 is 4.74 Å². The number of nitrogens with zero attached hydrogens (tertiary/aromatic N) is 4. The standard InChI is InChI=1S/C17H25N5O/c18-15-8-16(20-17(19-15)21-3-5-23-6-4-21)22-9-13-11-1-2-12(7-11)14(13)10-22/h8,11-14H,1-7,9-10H2,(H2,18,19,20)/t11-,12+,13-,14+. The quantitative estimate of drug-likeness (QED) is 0.889. The first kappa shape index (κ1) is 13.8. The van der Waals surface area contributed by atoms with Gasteiger partial charge in [-0.1, -0.05) is 0 Å². The number of fused-ring (bicyclic) bond motifs is 5. The summed E-state index contributed by atoms with van der Waals surface area (Å²) in [4.78, 5) is 13.9. The van der Waals surface area contributed by atoms with Gasteiger partial charge in [0.05, 0.1) is 13.2 Å². The Morgan fingerprint density at radius 2 is 1.70 bits per heavy atom. The van der Waals surface area contributed by atoms with E-state index in [2.05, 4.69) is 14.8 Å². The number of ether oxygens (including phenoxy) is 1. The average molecular weight is 315 g/mol. The van der Waals surface area contributed by atoms with Gasteiger partial charge in [0, 0.05) is 32.2 Å². The van der Waals surface area contributed by atoms with Crippen molar-refractivity contribution in [2.45, 2.75) is 19.3 Å². The summed E-state index contributed by atoms with van der Waals surface area (Å²) in [5.41, 5.74) is 6.08. The van der Waals surface area contributed by atoms with Gasteiger partial charge in [-0.3, -0.25) is 0 Å². The first-order valence-corrected chi connectivity index (χ1v) is 9.00. The van der Waals surface area contributed by atoms with Crippen LogP contribution in [0.5, 0.6) is 0 Å². The molecule has 2 N–H and O–H groups in total. The van der Waals surface area contributed by atoms with E-state index in [0.29, 0.717) is 5.82 Å². The third-order valence-corrected chi connectivity index (χ3v) is 6.48. The van der Waals surface area contributed by atoms with Gasteiger partial charge in [-0.05, 0) is 42.9 Å². The van der Waals surface area contributed by atoms with Crippen molar-refractivity contribution >= 4 is 17.6 Å². The SMILES string of the molecule is Nc1cc(N2C[C@@H]3[C@@H]4CC[C@@H](C4)[C@@H]3C2)nc(N2CCOCC2)n1. The summed E-state index contributed by atoms with van der Waals surface area (Å²) in [5.74, 6) is 6.07. The molecule has 0 radical (unpaired) electrons. The monoisotopic (exact) mass is 315 g/mol. The van der Waals surface area contributed by atoms with Gasteiger partial charge < -0.3 is 20.3 Å². The minimum Gasteiger partial charge on any atom is -0.383 e. The van der Waals surface area contributed by atoms with Crippen LogP contribution in [-0.4, -0.2) is 49.4 Å². The van der Waals surface area contributed by atoms with Crippen molar-refractivity contribution in [1.29, 1.82) is 0 Å². The van der Waals surface area contributed by atoms with Gasteiger partial charge in [0.1, 0.15) is 11.6 Å². The van der Waals surface area contributed by atoms with Crippen LogP contribution in [0.2, 0.25) is 0 Å². The molecule has 0 aromatic carbocycles. The van der Waals surface area contributed by atoms with Crippen LogP contribution in [0.15, 0.2) is 6.07 Å². The predicted octanol–water partition coefficient (Wildman–Crippen LogP) is 1.38. The molecule has 2 aliphatic carbocycles. The summed E-state index contributed by atoms with van der Waals surface area (Å²) in [6, 6.07) is 1.95. The van der Waals surface area contributed by atoms with Crippen molar-refractivity contribution in [3.63, 3.8) is 0 Å². The van der Waals surface area contributed by atoms with Crippen LogP contribution in [0.4, 0.5) is 17.6 Å². The van der Waals surface area contributed by atoms with Crippen molar-refractivity contribution in [2.24, 2.45) is 23.7 Å². The van der Waals surface area contributed by atoms with Crippen LogP contribution in [0.1, 0.15) is 19.3 Å². The van der Waals surface area contributed by atoms with Gasteiger partial charge in [-0.2, -0.15) is 9.97 Å². The lowest BCUT2D eigenvalue weighted by Gasteiger charge is -2.28. The summed E-state index contributed by atoms with van der Waals surface area (Å²) in [6.45, 7) is 5.49. The minimum absolute atomic E-state index is 0.580. The molecule has 0 amide bonds. The minimum atomic E-state index is 0.580. The van der Waals surface area contributed by atoms with Gasteiger partial charge in [-0.25, -0.2) is 0 Å².